The van der Waals surface area contributed by atoms with E-state index in [4.69, 9.17) is 17.3 Å². The van der Waals surface area contributed by atoms with E-state index in [1.807, 2.05) is 32.0 Å². The van der Waals surface area contributed by atoms with Gasteiger partial charge in [-0.2, -0.15) is 0 Å². The van der Waals surface area contributed by atoms with Crippen molar-refractivity contribution in [3.63, 3.8) is 0 Å². The lowest BCUT2D eigenvalue weighted by atomic mass is 10.1. The standard InChI is InChI=1S/C11H12ClN3S2/c1-6(13)8-3-4-10(9(12)5-8)17-11-15-14-7(2)16-11/h3-6H,13H2,1-2H3. The van der Waals surface area contributed by atoms with Crippen molar-refractivity contribution in [2.24, 2.45) is 5.73 Å². The molecule has 2 N–H and O–H groups in total. The minimum absolute atomic E-state index is 0.00433. The van der Waals surface area contributed by atoms with Gasteiger partial charge in [0.1, 0.15) is 5.01 Å². The average molecular weight is 286 g/mol. The normalized spacial score (nSPS) is 12.7. The van der Waals surface area contributed by atoms with E-state index in [2.05, 4.69) is 10.2 Å². The maximum absolute atomic E-state index is 6.21. The summed E-state index contributed by atoms with van der Waals surface area (Å²) in [6.45, 7) is 3.87. The zero-order chi connectivity index (χ0) is 12.4. The van der Waals surface area contributed by atoms with Crippen molar-refractivity contribution in [1.82, 2.24) is 10.2 Å². The van der Waals surface area contributed by atoms with Gasteiger partial charge < -0.3 is 5.73 Å². The first-order chi connectivity index (χ1) is 8.06. The molecule has 3 nitrogen and oxygen atoms in total. The summed E-state index contributed by atoms with van der Waals surface area (Å²) < 4.78 is 0.901. The molecule has 1 heterocycles. The predicted octanol–water partition coefficient (Wildman–Crippen LogP) is 3.67. The van der Waals surface area contributed by atoms with Crippen LogP contribution in [0.3, 0.4) is 0 Å². The summed E-state index contributed by atoms with van der Waals surface area (Å²) in [7, 11) is 0. The SMILES string of the molecule is Cc1nnc(Sc2ccc(C(C)N)cc2Cl)s1. The van der Waals surface area contributed by atoms with E-state index in [0.717, 1.165) is 19.8 Å². The van der Waals surface area contributed by atoms with Gasteiger partial charge in [-0.3, -0.25) is 0 Å². The molecule has 1 unspecified atom stereocenters. The van der Waals surface area contributed by atoms with Crippen LogP contribution in [-0.4, -0.2) is 10.2 Å². The molecule has 1 aromatic heterocycles. The Bertz CT molecular complexity index is 525. The first kappa shape index (κ1) is 12.8. The molecule has 1 aromatic carbocycles. The highest BCUT2D eigenvalue weighted by molar-refractivity contribution is 8.01. The van der Waals surface area contributed by atoms with E-state index in [0.29, 0.717) is 5.02 Å². The van der Waals surface area contributed by atoms with E-state index < -0.39 is 0 Å². The zero-order valence-electron chi connectivity index (χ0n) is 9.48. The van der Waals surface area contributed by atoms with Gasteiger partial charge in [0.05, 0.1) is 5.02 Å². The quantitative estimate of drug-likeness (QED) is 0.935. The van der Waals surface area contributed by atoms with Crippen LogP contribution in [0, 0.1) is 6.92 Å². The molecule has 2 aromatic rings. The van der Waals surface area contributed by atoms with Crippen LogP contribution < -0.4 is 5.73 Å². The Morgan fingerprint density at radius 2 is 2.18 bits per heavy atom. The minimum atomic E-state index is -0.00433. The van der Waals surface area contributed by atoms with E-state index in [9.17, 15) is 0 Å². The molecule has 0 aliphatic carbocycles. The number of aryl methyl sites for hydroxylation is 1. The molecular weight excluding hydrogens is 274 g/mol. The third-order valence-electron chi connectivity index (χ3n) is 2.19. The van der Waals surface area contributed by atoms with Crippen molar-refractivity contribution >= 4 is 34.7 Å². The summed E-state index contributed by atoms with van der Waals surface area (Å²) in [5.74, 6) is 0. The maximum atomic E-state index is 6.21. The number of rotatable bonds is 3. The van der Waals surface area contributed by atoms with Gasteiger partial charge in [0, 0.05) is 10.9 Å². The van der Waals surface area contributed by atoms with Crippen molar-refractivity contribution < 1.29 is 0 Å². The minimum Gasteiger partial charge on any atom is -0.324 e. The number of nitrogens with zero attached hydrogens (tertiary/aromatic N) is 2. The first-order valence-corrected chi connectivity index (χ1v) is 7.10. The lowest BCUT2D eigenvalue weighted by molar-refractivity contribution is 0.817. The predicted molar refractivity (Wildman–Crippen MR) is 72.8 cm³/mol. The number of nitrogens with two attached hydrogens (primary N) is 1. The molecule has 0 spiro atoms. The van der Waals surface area contributed by atoms with Gasteiger partial charge in [0.15, 0.2) is 4.34 Å². The summed E-state index contributed by atoms with van der Waals surface area (Å²) in [4.78, 5) is 0.979. The van der Waals surface area contributed by atoms with E-state index in [1.165, 1.54) is 11.8 Å². The van der Waals surface area contributed by atoms with Gasteiger partial charge in [0.25, 0.3) is 0 Å². The highest BCUT2D eigenvalue weighted by Gasteiger charge is 2.09. The van der Waals surface area contributed by atoms with Gasteiger partial charge in [-0.1, -0.05) is 40.8 Å². The lowest BCUT2D eigenvalue weighted by Crippen LogP contribution is -2.04. The van der Waals surface area contributed by atoms with Gasteiger partial charge in [-0.25, -0.2) is 0 Å². The summed E-state index contributed by atoms with van der Waals surface area (Å²) in [6.07, 6.45) is 0. The van der Waals surface area contributed by atoms with Gasteiger partial charge in [0.2, 0.25) is 0 Å². The number of halogens is 1. The van der Waals surface area contributed by atoms with Crippen LogP contribution in [0.1, 0.15) is 23.5 Å². The molecule has 0 radical (unpaired) electrons. The van der Waals surface area contributed by atoms with Crippen LogP contribution in [0.15, 0.2) is 27.4 Å². The van der Waals surface area contributed by atoms with Gasteiger partial charge in [-0.15, -0.1) is 10.2 Å². The number of aromatic nitrogens is 2. The monoisotopic (exact) mass is 285 g/mol. The Morgan fingerprint density at radius 1 is 1.41 bits per heavy atom. The topological polar surface area (TPSA) is 51.8 Å². The molecule has 0 saturated carbocycles. The fourth-order valence-electron chi connectivity index (χ4n) is 1.30. The number of hydrogen-bond acceptors (Lipinski definition) is 5. The largest absolute Gasteiger partial charge is 0.324 e. The number of hydrogen-bond donors (Lipinski definition) is 1. The fraction of sp³-hybridized carbons (Fsp3) is 0.273. The van der Waals surface area contributed by atoms with E-state index >= 15 is 0 Å². The third-order valence-corrected chi connectivity index (χ3v) is 4.58. The van der Waals surface area contributed by atoms with E-state index in [1.54, 1.807) is 11.3 Å². The smallest absolute Gasteiger partial charge is 0.179 e. The Labute approximate surface area is 113 Å². The molecule has 0 fully saturated rings. The molecule has 0 aliphatic rings. The summed E-state index contributed by atoms with van der Waals surface area (Å²) in [6, 6.07) is 5.87. The van der Waals surface area contributed by atoms with Gasteiger partial charge >= 0.3 is 0 Å². The molecule has 17 heavy (non-hydrogen) atoms. The van der Waals surface area contributed by atoms with Crippen molar-refractivity contribution in [3.05, 3.63) is 33.8 Å². The molecule has 0 saturated heterocycles. The highest BCUT2D eigenvalue weighted by Crippen LogP contribution is 2.35. The lowest BCUT2D eigenvalue weighted by Gasteiger charge is -2.08. The van der Waals surface area contributed by atoms with Crippen LogP contribution in [0.2, 0.25) is 5.02 Å². The molecule has 1 atom stereocenters. The molecule has 2 rings (SSSR count). The first-order valence-electron chi connectivity index (χ1n) is 5.09. The maximum Gasteiger partial charge on any atom is 0.179 e. The molecule has 0 aliphatic heterocycles. The van der Waals surface area contributed by atoms with Crippen molar-refractivity contribution in [2.75, 3.05) is 0 Å². The summed E-state index contributed by atoms with van der Waals surface area (Å²) >= 11 is 9.30. The molecule has 6 heteroatoms. The Morgan fingerprint density at radius 3 is 2.71 bits per heavy atom. The van der Waals surface area contributed by atoms with Crippen molar-refractivity contribution in [3.8, 4) is 0 Å². The molecule has 0 bridgehead atoms. The Kier molecular flexibility index (Phi) is 4.04. The van der Waals surface area contributed by atoms with Crippen molar-refractivity contribution in [2.45, 2.75) is 29.1 Å². The Hall–Kier alpha value is -0.620. The molecule has 0 amide bonds. The van der Waals surface area contributed by atoms with Crippen LogP contribution in [-0.2, 0) is 0 Å². The second-order valence-corrected chi connectivity index (χ2v) is 6.55. The Balaban J connectivity index is 2.22. The highest BCUT2D eigenvalue weighted by atomic mass is 35.5. The summed E-state index contributed by atoms with van der Waals surface area (Å²) in [5, 5.41) is 9.69. The zero-order valence-corrected chi connectivity index (χ0v) is 11.9. The average Bonchev–Trinajstić information content (AvgIpc) is 2.67. The molecular formula is C11H12ClN3S2. The second-order valence-electron chi connectivity index (χ2n) is 3.67. The van der Waals surface area contributed by atoms with Crippen molar-refractivity contribution in [1.29, 1.82) is 0 Å². The van der Waals surface area contributed by atoms with Crippen LogP contribution >= 0.6 is 34.7 Å². The third kappa shape index (κ3) is 3.19. The molecule has 90 valence electrons. The van der Waals surface area contributed by atoms with Crippen LogP contribution in [0.25, 0.3) is 0 Å². The van der Waals surface area contributed by atoms with Crippen LogP contribution in [0.5, 0.6) is 0 Å². The van der Waals surface area contributed by atoms with Gasteiger partial charge in [-0.05, 0) is 31.5 Å². The summed E-state index contributed by atoms with van der Waals surface area (Å²) in [5.41, 5.74) is 6.84. The second kappa shape index (κ2) is 5.35. The fourth-order valence-corrected chi connectivity index (χ4v) is 3.38. The van der Waals surface area contributed by atoms with Crippen LogP contribution in [0.4, 0.5) is 0 Å². The number of benzene rings is 1. The van der Waals surface area contributed by atoms with E-state index in [-0.39, 0.29) is 6.04 Å².